The minimum absolute atomic E-state index is 0.277. The Morgan fingerprint density at radius 2 is 1.25 bits per heavy atom. The zero-order valence-electron chi connectivity index (χ0n) is 15.7. The molecule has 0 aliphatic heterocycles. The molecule has 0 aliphatic carbocycles. The fraction of sp³-hybridized carbons (Fsp3) is 0.182. The van der Waals surface area contributed by atoms with Gasteiger partial charge in [0.05, 0.1) is 6.10 Å². The van der Waals surface area contributed by atoms with Crippen LogP contribution in [-0.2, 0) is 4.57 Å². The molecular weight excluding hydrogens is 378 g/mol. The van der Waals surface area contributed by atoms with Crippen LogP contribution >= 0.6 is 7.60 Å². The second-order valence-electron chi connectivity index (χ2n) is 6.67. The van der Waals surface area contributed by atoms with Gasteiger partial charge in [-0.25, -0.2) is 8.96 Å². The Bertz CT molecular complexity index is 902. The van der Waals surface area contributed by atoms with Gasteiger partial charge < -0.3 is 14.2 Å². The van der Waals surface area contributed by atoms with Gasteiger partial charge in [0.15, 0.2) is 0 Å². The van der Waals surface area contributed by atoms with Crippen LogP contribution in [0.5, 0.6) is 11.5 Å². The average Bonchev–Trinajstić information content (AvgIpc) is 2.66. The van der Waals surface area contributed by atoms with E-state index in [-0.39, 0.29) is 6.16 Å². The Kier molecular flexibility index (Phi) is 6.18. The van der Waals surface area contributed by atoms with Gasteiger partial charge >= 0.3 is 7.60 Å². The summed E-state index contributed by atoms with van der Waals surface area (Å²) < 4.78 is 38.0. The quantitative estimate of drug-likeness (QED) is 0.507. The zero-order valence-corrected chi connectivity index (χ0v) is 16.6. The molecule has 0 saturated heterocycles. The van der Waals surface area contributed by atoms with E-state index in [0.29, 0.717) is 17.1 Å². The van der Waals surface area contributed by atoms with E-state index in [4.69, 9.17) is 9.05 Å². The van der Waals surface area contributed by atoms with Crippen molar-refractivity contribution in [3.63, 3.8) is 0 Å². The average molecular weight is 400 g/mol. The Morgan fingerprint density at radius 3 is 1.68 bits per heavy atom. The summed E-state index contributed by atoms with van der Waals surface area (Å²) in [7, 11) is -3.77. The first-order valence-corrected chi connectivity index (χ1v) is 10.6. The molecule has 1 N–H and O–H groups in total. The van der Waals surface area contributed by atoms with Crippen molar-refractivity contribution in [2.24, 2.45) is 0 Å². The lowest BCUT2D eigenvalue weighted by Crippen LogP contribution is -2.12. The fourth-order valence-corrected chi connectivity index (χ4v) is 4.32. The summed E-state index contributed by atoms with van der Waals surface area (Å²) >= 11 is 0. The maximum absolute atomic E-state index is 13.5. The van der Waals surface area contributed by atoms with Crippen molar-refractivity contribution in [1.29, 1.82) is 0 Å². The molecule has 0 aromatic heterocycles. The van der Waals surface area contributed by atoms with Crippen molar-refractivity contribution in [2.45, 2.75) is 20.0 Å². The number of benzene rings is 3. The van der Waals surface area contributed by atoms with Crippen LogP contribution in [0.3, 0.4) is 0 Å². The molecule has 3 aromatic carbocycles. The van der Waals surface area contributed by atoms with Gasteiger partial charge in [-0.2, -0.15) is 0 Å². The summed E-state index contributed by atoms with van der Waals surface area (Å²) in [6.45, 7) is 3.87. The number of rotatable bonds is 7. The van der Waals surface area contributed by atoms with E-state index < -0.39 is 19.5 Å². The summed E-state index contributed by atoms with van der Waals surface area (Å²) in [5, 5.41) is 10.5. The molecule has 0 amide bonds. The molecule has 4 nitrogen and oxygen atoms in total. The largest absolute Gasteiger partial charge is 0.433 e. The molecule has 0 heterocycles. The van der Waals surface area contributed by atoms with E-state index in [1.165, 1.54) is 24.3 Å². The molecule has 146 valence electrons. The van der Waals surface area contributed by atoms with Crippen LogP contribution in [0.25, 0.3) is 0 Å². The van der Waals surface area contributed by atoms with Crippen molar-refractivity contribution >= 4 is 7.60 Å². The molecule has 28 heavy (non-hydrogen) atoms. The Balaban J connectivity index is 1.85. The van der Waals surface area contributed by atoms with Crippen LogP contribution in [0.4, 0.5) is 4.39 Å². The minimum Gasteiger partial charge on any atom is -0.416 e. The zero-order chi connectivity index (χ0) is 20.1. The molecule has 6 heteroatoms. The summed E-state index contributed by atoms with van der Waals surface area (Å²) in [5.74, 6) is 0.352. The van der Waals surface area contributed by atoms with Crippen molar-refractivity contribution in [1.82, 2.24) is 0 Å². The first kappa shape index (κ1) is 20.1. The topological polar surface area (TPSA) is 55.8 Å². The Labute approximate surface area is 164 Å². The highest BCUT2D eigenvalue weighted by atomic mass is 31.2. The number of hydrogen-bond donors (Lipinski definition) is 1. The maximum atomic E-state index is 13.5. The third kappa shape index (κ3) is 5.44. The predicted octanol–water partition coefficient (Wildman–Crippen LogP) is 5.83. The molecule has 1 atom stereocenters. The van der Waals surface area contributed by atoms with Gasteiger partial charge in [0.1, 0.15) is 23.5 Å². The third-order valence-corrected chi connectivity index (χ3v) is 5.95. The van der Waals surface area contributed by atoms with Gasteiger partial charge in [-0.15, -0.1) is 0 Å². The highest BCUT2D eigenvalue weighted by Crippen LogP contribution is 2.51. The molecule has 0 fully saturated rings. The highest BCUT2D eigenvalue weighted by Gasteiger charge is 2.32. The van der Waals surface area contributed by atoms with Gasteiger partial charge in [0.25, 0.3) is 0 Å². The minimum atomic E-state index is -3.77. The SMILES string of the molecule is Cc1ccc(OP(=O)(C[C@@H](O)c2ccc(F)cc2)Oc2ccc(C)cc2)cc1. The molecule has 3 rings (SSSR count). The third-order valence-electron chi connectivity index (χ3n) is 4.18. The summed E-state index contributed by atoms with van der Waals surface area (Å²) in [6.07, 6.45) is -1.41. The van der Waals surface area contributed by atoms with Crippen molar-refractivity contribution < 1.29 is 23.1 Å². The molecule has 0 radical (unpaired) electrons. The maximum Gasteiger partial charge on any atom is 0.433 e. The van der Waals surface area contributed by atoms with Gasteiger partial charge in [0.2, 0.25) is 0 Å². The molecule has 3 aromatic rings. The number of aliphatic hydroxyl groups excluding tert-OH is 1. The van der Waals surface area contributed by atoms with Crippen LogP contribution in [0, 0.1) is 19.7 Å². The van der Waals surface area contributed by atoms with Gasteiger partial charge in [-0.1, -0.05) is 47.5 Å². The van der Waals surface area contributed by atoms with Gasteiger partial charge in [-0.05, 0) is 55.8 Å². The number of aliphatic hydroxyl groups is 1. The fourth-order valence-electron chi connectivity index (χ4n) is 2.61. The molecule has 0 bridgehead atoms. The van der Waals surface area contributed by atoms with Gasteiger partial charge in [-0.3, -0.25) is 0 Å². The second-order valence-corrected chi connectivity index (χ2v) is 8.62. The number of hydrogen-bond acceptors (Lipinski definition) is 4. The lowest BCUT2D eigenvalue weighted by molar-refractivity contribution is 0.194. The highest BCUT2D eigenvalue weighted by molar-refractivity contribution is 7.54. The molecule has 0 saturated carbocycles. The molecule has 0 unspecified atom stereocenters. The Morgan fingerprint density at radius 1 is 0.821 bits per heavy atom. The van der Waals surface area contributed by atoms with Gasteiger partial charge in [0, 0.05) is 0 Å². The summed E-state index contributed by atoms with van der Waals surface area (Å²) in [4.78, 5) is 0. The smallest absolute Gasteiger partial charge is 0.416 e. The summed E-state index contributed by atoms with van der Waals surface area (Å²) in [6, 6.07) is 19.5. The van der Waals surface area contributed by atoms with Crippen molar-refractivity contribution in [2.75, 3.05) is 6.16 Å². The first-order chi connectivity index (χ1) is 13.3. The Hall–Kier alpha value is -2.62. The number of aryl methyl sites for hydroxylation is 2. The first-order valence-electron chi connectivity index (χ1n) is 8.88. The lowest BCUT2D eigenvalue weighted by atomic mass is 10.1. The van der Waals surface area contributed by atoms with Crippen LogP contribution in [0.2, 0.25) is 0 Å². The van der Waals surface area contributed by atoms with Crippen LogP contribution < -0.4 is 9.05 Å². The second kappa shape index (κ2) is 8.59. The standard InChI is InChI=1S/C22H22FO4P/c1-16-3-11-20(12-4-16)26-28(25,27-21-13-5-17(2)6-14-21)15-22(24)18-7-9-19(23)10-8-18/h3-14,22,24H,15H2,1-2H3/t22-/m1/s1. The molecule has 0 aliphatic rings. The normalized spacial score (nSPS) is 12.4. The predicted molar refractivity (Wildman–Crippen MR) is 107 cm³/mol. The number of halogens is 1. The van der Waals surface area contributed by atoms with Crippen LogP contribution in [-0.4, -0.2) is 11.3 Å². The van der Waals surface area contributed by atoms with E-state index in [9.17, 15) is 14.1 Å². The molecule has 0 spiro atoms. The molecular formula is C22H22FO4P. The van der Waals surface area contributed by atoms with Crippen molar-refractivity contribution in [3.05, 3.63) is 95.3 Å². The van der Waals surface area contributed by atoms with E-state index >= 15 is 0 Å². The monoisotopic (exact) mass is 400 g/mol. The van der Waals surface area contributed by atoms with Crippen molar-refractivity contribution in [3.8, 4) is 11.5 Å². The summed E-state index contributed by atoms with van der Waals surface area (Å²) in [5.41, 5.74) is 2.50. The van der Waals surface area contributed by atoms with E-state index in [2.05, 4.69) is 0 Å². The lowest BCUT2D eigenvalue weighted by Gasteiger charge is -2.22. The van der Waals surface area contributed by atoms with E-state index in [1.54, 1.807) is 24.3 Å². The van der Waals surface area contributed by atoms with E-state index in [1.807, 2.05) is 38.1 Å². The van der Waals surface area contributed by atoms with Crippen LogP contribution in [0.1, 0.15) is 22.8 Å². The van der Waals surface area contributed by atoms with E-state index in [0.717, 1.165) is 11.1 Å². The van der Waals surface area contributed by atoms with Crippen LogP contribution in [0.15, 0.2) is 72.8 Å².